The summed E-state index contributed by atoms with van der Waals surface area (Å²) in [6.07, 6.45) is 5.14. The minimum Gasteiger partial charge on any atom is -0.453 e. The van der Waals surface area contributed by atoms with Gasteiger partial charge in [0.25, 0.3) is 0 Å². The van der Waals surface area contributed by atoms with Gasteiger partial charge in [-0.05, 0) is 68.7 Å². The normalized spacial score (nSPS) is 23.8. The minimum absolute atomic E-state index is 0.0113. The zero-order valence-electron chi connectivity index (χ0n) is 24.0. The van der Waals surface area contributed by atoms with E-state index in [2.05, 4.69) is 24.7 Å². The summed E-state index contributed by atoms with van der Waals surface area (Å²) >= 11 is 0. The monoisotopic (exact) mass is 581 g/mol. The highest BCUT2D eigenvalue weighted by Crippen LogP contribution is 2.38. The minimum atomic E-state index is -1.20. The number of nitrogens with zero attached hydrogens (tertiary/aromatic N) is 3. The van der Waals surface area contributed by atoms with Gasteiger partial charge in [-0.1, -0.05) is 19.6 Å². The van der Waals surface area contributed by atoms with Gasteiger partial charge in [0.2, 0.25) is 0 Å². The Hall–Kier alpha value is -2.37. The Labute approximate surface area is 236 Å². The number of hydrogen-bond donors (Lipinski definition) is 0. The fraction of sp³-hybridized carbons (Fsp3) is 0.655. The van der Waals surface area contributed by atoms with Crippen LogP contribution in [-0.2, 0) is 20.9 Å². The zero-order chi connectivity index (χ0) is 28.9. The van der Waals surface area contributed by atoms with Crippen LogP contribution in [0.5, 0.6) is 0 Å². The van der Waals surface area contributed by atoms with Crippen LogP contribution in [0.15, 0.2) is 24.4 Å². The molecule has 2 aliphatic rings. The molecular formula is C29H42F3N3O4Si. The number of halogens is 3. The number of amides is 1. The van der Waals surface area contributed by atoms with Crippen LogP contribution in [0.25, 0.3) is 0 Å². The van der Waals surface area contributed by atoms with Crippen LogP contribution in [-0.4, -0.2) is 67.9 Å². The Balaban J connectivity index is 1.41. The molecule has 222 valence electrons. The second kappa shape index (κ2) is 13.5. The topological polar surface area (TPSA) is 65.8 Å². The maximum atomic E-state index is 14.3. The molecule has 0 bridgehead atoms. The van der Waals surface area contributed by atoms with Gasteiger partial charge in [0.1, 0.15) is 12.5 Å². The molecular weight excluding hydrogens is 539 g/mol. The summed E-state index contributed by atoms with van der Waals surface area (Å²) in [6.45, 7) is 8.86. The van der Waals surface area contributed by atoms with Crippen molar-refractivity contribution in [1.82, 2.24) is 14.7 Å². The Morgan fingerprint density at radius 3 is 2.48 bits per heavy atom. The summed E-state index contributed by atoms with van der Waals surface area (Å²) in [6, 6.07) is 4.61. The first-order valence-electron chi connectivity index (χ1n) is 14.3. The molecule has 1 aliphatic heterocycles. The first-order chi connectivity index (χ1) is 19.1. The Kier molecular flexibility index (Phi) is 10.3. The second-order valence-electron chi connectivity index (χ2n) is 12.1. The maximum absolute atomic E-state index is 14.3. The summed E-state index contributed by atoms with van der Waals surface area (Å²) in [5.41, 5.74) is 0.832. The van der Waals surface area contributed by atoms with Crippen LogP contribution in [0, 0.1) is 17.5 Å². The highest BCUT2D eigenvalue weighted by atomic mass is 28.3. The predicted molar refractivity (Wildman–Crippen MR) is 148 cm³/mol. The standard InChI is InChI=1S/C29H42F3N3O4Si/c1-37-29(36)34-15-5-6-22(25-13-14-33-35(25)19-38-16-17-40(2,3)4)26(34)18-39-21-9-7-20(8-10-21)27-23(30)11-12-24(31)28(27)32/h11-14,20-22,26H,5-10,15-19H2,1-4H3/t20-,21+,22?,26?. The molecule has 1 aromatic heterocycles. The van der Waals surface area contributed by atoms with Crippen molar-refractivity contribution in [1.29, 1.82) is 0 Å². The van der Waals surface area contributed by atoms with Crippen molar-refractivity contribution in [2.24, 2.45) is 0 Å². The second-order valence-corrected chi connectivity index (χ2v) is 17.8. The third-order valence-corrected chi connectivity index (χ3v) is 9.90. The van der Waals surface area contributed by atoms with Crippen molar-refractivity contribution in [2.75, 3.05) is 26.9 Å². The number of piperidine rings is 1. The van der Waals surface area contributed by atoms with Gasteiger partial charge >= 0.3 is 6.09 Å². The molecule has 2 aromatic rings. The number of hydrogen-bond acceptors (Lipinski definition) is 5. The van der Waals surface area contributed by atoms with E-state index in [-0.39, 0.29) is 29.5 Å². The predicted octanol–water partition coefficient (Wildman–Crippen LogP) is 6.67. The number of methoxy groups -OCH3 is 1. The molecule has 0 N–H and O–H groups in total. The average Bonchev–Trinajstić information content (AvgIpc) is 3.40. The van der Waals surface area contributed by atoms with Crippen LogP contribution >= 0.6 is 0 Å². The maximum Gasteiger partial charge on any atom is 0.409 e. The lowest BCUT2D eigenvalue weighted by atomic mass is 9.82. The van der Waals surface area contributed by atoms with E-state index in [0.717, 1.165) is 36.7 Å². The summed E-state index contributed by atoms with van der Waals surface area (Å²) in [5, 5.41) is 4.50. The van der Waals surface area contributed by atoms with Crippen molar-refractivity contribution in [3.05, 3.63) is 53.1 Å². The van der Waals surface area contributed by atoms with Gasteiger partial charge in [0, 0.05) is 44.6 Å². The third-order valence-electron chi connectivity index (χ3n) is 8.19. The van der Waals surface area contributed by atoms with E-state index in [1.165, 1.54) is 7.11 Å². The molecule has 1 aliphatic carbocycles. The first-order valence-corrected chi connectivity index (χ1v) is 18.0. The molecule has 11 heteroatoms. The van der Waals surface area contributed by atoms with Gasteiger partial charge in [0.05, 0.1) is 25.9 Å². The molecule has 1 saturated carbocycles. The van der Waals surface area contributed by atoms with Crippen LogP contribution in [0.4, 0.5) is 18.0 Å². The number of ether oxygens (including phenoxy) is 3. The number of likely N-dealkylation sites (tertiary alicyclic amines) is 1. The Bertz CT molecular complexity index is 1130. The van der Waals surface area contributed by atoms with E-state index in [0.29, 0.717) is 52.2 Å². The molecule has 2 atom stereocenters. The quantitative estimate of drug-likeness (QED) is 0.178. The van der Waals surface area contributed by atoms with Crippen LogP contribution in [0.1, 0.15) is 61.6 Å². The van der Waals surface area contributed by atoms with Crippen LogP contribution in [0.2, 0.25) is 25.7 Å². The van der Waals surface area contributed by atoms with E-state index < -0.39 is 31.6 Å². The lowest BCUT2D eigenvalue weighted by Crippen LogP contribution is -2.50. The molecule has 7 nitrogen and oxygen atoms in total. The fourth-order valence-corrected chi connectivity index (χ4v) is 6.67. The zero-order valence-corrected chi connectivity index (χ0v) is 25.0. The van der Waals surface area contributed by atoms with E-state index in [1.807, 2.05) is 10.7 Å². The Morgan fingerprint density at radius 1 is 1.05 bits per heavy atom. The molecule has 1 aromatic carbocycles. The summed E-state index contributed by atoms with van der Waals surface area (Å²) in [4.78, 5) is 14.5. The SMILES string of the molecule is COC(=O)N1CCCC(c2ccnn2COCC[Si](C)(C)C)C1CO[C@H]1CC[C@@H](c2c(F)ccc(F)c2F)CC1. The summed E-state index contributed by atoms with van der Waals surface area (Å²) in [7, 11) is 0.177. The van der Waals surface area contributed by atoms with Crippen molar-refractivity contribution in [3.8, 4) is 0 Å². The molecule has 4 rings (SSSR count). The molecule has 0 spiro atoms. The number of carbonyl (C=O) groups is 1. The van der Waals surface area contributed by atoms with Gasteiger partial charge in [-0.15, -0.1) is 0 Å². The number of aromatic nitrogens is 2. The first kappa shape index (κ1) is 30.6. The smallest absolute Gasteiger partial charge is 0.409 e. The van der Waals surface area contributed by atoms with Gasteiger partial charge in [-0.3, -0.25) is 0 Å². The molecule has 2 unspecified atom stereocenters. The van der Waals surface area contributed by atoms with E-state index in [4.69, 9.17) is 14.2 Å². The summed E-state index contributed by atoms with van der Waals surface area (Å²) in [5.74, 6) is -3.23. The lowest BCUT2D eigenvalue weighted by Gasteiger charge is -2.41. The highest BCUT2D eigenvalue weighted by molar-refractivity contribution is 6.76. The van der Waals surface area contributed by atoms with Gasteiger partial charge in [0.15, 0.2) is 11.6 Å². The number of rotatable bonds is 10. The van der Waals surface area contributed by atoms with Crippen molar-refractivity contribution < 1.29 is 32.2 Å². The molecule has 40 heavy (non-hydrogen) atoms. The van der Waals surface area contributed by atoms with Crippen molar-refractivity contribution in [2.45, 2.75) is 94.9 Å². The van der Waals surface area contributed by atoms with Gasteiger partial charge < -0.3 is 19.1 Å². The third kappa shape index (κ3) is 7.47. The molecule has 1 amide bonds. The largest absolute Gasteiger partial charge is 0.453 e. The van der Waals surface area contributed by atoms with E-state index >= 15 is 0 Å². The fourth-order valence-electron chi connectivity index (χ4n) is 5.92. The molecule has 1 saturated heterocycles. The number of carbonyl (C=O) groups excluding carboxylic acids is 1. The van der Waals surface area contributed by atoms with Crippen molar-refractivity contribution >= 4 is 14.2 Å². The van der Waals surface area contributed by atoms with E-state index in [9.17, 15) is 18.0 Å². The van der Waals surface area contributed by atoms with Gasteiger partial charge in [-0.2, -0.15) is 5.10 Å². The molecule has 0 radical (unpaired) electrons. The van der Waals surface area contributed by atoms with Crippen LogP contribution < -0.4 is 0 Å². The van der Waals surface area contributed by atoms with Gasteiger partial charge in [-0.25, -0.2) is 22.6 Å². The summed E-state index contributed by atoms with van der Waals surface area (Å²) < 4.78 is 61.7. The average molecular weight is 582 g/mol. The molecule has 2 heterocycles. The Morgan fingerprint density at radius 2 is 1.77 bits per heavy atom. The van der Waals surface area contributed by atoms with Crippen molar-refractivity contribution in [3.63, 3.8) is 0 Å². The lowest BCUT2D eigenvalue weighted by molar-refractivity contribution is -0.0256. The molecule has 2 fully saturated rings. The van der Waals surface area contributed by atoms with E-state index in [1.54, 1.807) is 11.1 Å². The van der Waals surface area contributed by atoms with Crippen LogP contribution in [0.3, 0.4) is 0 Å². The number of benzene rings is 1. The highest BCUT2D eigenvalue weighted by Gasteiger charge is 2.38.